The first-order valence-corrected chi connectivity index (χ1v) is 9.98. The van der Waals surface area contributed by atoms with Crippen LogP contribution in [0.3, 0.4) is 0 Å². The Balaban J connectivity index is 1.68. The molecule has 0 aliphatic heterocycles. The first-order valence-electron chi connectivity index (χ1n) is 9.98. The summed E-state index contributed by atoms with van der Waals surface area (Å²) in [6, 6.07) is 0. The monoisotopic (exact) mass is 326 g/mol. The van der Waals surface area contributed by atoms with Crippen LogP contribution in [-0.4, -0.2) is 16.5 Å². The maximum Gasteiger partial charge on any atom is 0.155 e. The van der Waals surface area contributed by atoms with Gasteiger partial charge in [0.25, 0.3) is 0 Å². The predicted molar refractivity (Wildman–Crippen MR) is 95.1 cm³/mol. The van der Waals surface area contributed by atoms with E-state index in [0.29, 0.717) is 29.5 Å². The van der Waals surface area contributed by atoms with Gasteiger partial charge in [-0.25, -0.2) is 0 Å². The van der Waals surface area contributed by atoms with Gasteiger partial charge < -0.3 is 5.11 Å². The van der Waals surface area contributed by atoms with Gasteiger partial charge in [0.05, 0.1) is 0 Å². The molecule has 4 rings (SSSR count). The zero-order valence-corrected chi connectivity index (χ0v) is 14.9. The maximum atomic E-state index is 11.8. The molecular formula is C22H30O2. The second-order valence-electron chi connectivity index (χ2n) is 8.75. The van der Waals surface area contributed by atoms with Crippen molar-refractivity contribution in [2.45, 2.75) is 76.7 Å². The number of aliphatic hydroxyl groups is 1. The molecule has 24 heavy (non-hydrogen) atoms. The zero-order chi connectivity index (χ0) is 16.9. The molecule has 0 amide bonds. The smallest absolute Gasteiger partial charge is 0.155 e. The van der Waals surface area contributed by atoms with Crippen LogP contribution in [0.2, 0.25) is 0 Å². The first-order chi connectivity index (χ1) is 11.5. The molecule has 0 heterocycles. The third-order valence-corrected chi connectivity index (χ3v) is 8.25. The number of hydrogen-bond acceptors (Lipinski definition) is 2. The predicted octanol–water partition coefficient (Wildman–Crippen LogP) is 4.27. The van der Waals surface area contributed by atoms with Crippen molar-refractivity contribution < 1.29 is 9.90 Å². The van der Waals surface area contributed by atoms with Crippen molar-refractivity contribution in [2.24, 2.45) is 29.1 Å². The molecule has 0 aromatic rings. The highest BCUT2D eigenvalue weighted by Crippen LogP contribution is 2.64. The molecule has 0 bridgehead atoms. The van der Waals surface area contributed by atoms with E-state index in [2.05, 4.69) is 12.8 Å². The van der Waals surface area contributed by atoms with Gasteiger partial charge in [-0.3, -0.25) is 4.79 Å². The van der Waals surface area contributed by atoms with Gasteiger partial charge >= 0.3 is 0 Å². The number of allylic oxidation sites excluding steroid dienone is 2. The lowest BCUT2D eigenvalue weighted by Crippen LogP contribution is -2.60. The second kappa shape index (κ2) is 5.73. The molecule has 0 radical (unpaired) electrons. The molecule has 4 aliphatic rings. The molecule has 3 fully saturated rings. The summed E-state index contributed by atoms with van der Waals surface area (Å²) in [4.78, 5) is 11.8. The van der Waals surface area contributed by atoms with E-state index >= 15 is 0 Å². The molecule has 0 aromatic carbocycles. The van der Waals surface area contributed by atoms with Gasteiger partial charge in [-0.05, 0) is 87.5 Å². The standard InChI is InChI=1S/C22H30O2/c1-3-21-13-11-18-17-10-8-16(23)14-15(17)7-9-19(18)20(21)6-5-12-22(21,24)4-2/h2,14,17-20,24H,3,5-13H2,1H3. The lowest BCUT2D eigenvalue weighted by Gasteiger charge is -2.62. The van der Waals surface area contributed by atoms with Gasteiger partial charge in [-0.1, -0.05) is 18.4 Å². The third kappa shape index (κ3) is 2.10. The SMILES string of the molecule is C#CC1(O)CCCC2C3CCC4=CC(=O)CCC4C3CCC21CC. The summed E-state index contributed by atoms with van der Waals surface area (Å²) in [6.45, 7) is 2.23. The van der Waals surface area contributed by atoms with Crippen LogP contribution in [0.1, 0.15) is 71.1 Å². The molecule has 3 saturated carbocycles. The minimum atomic E-state index is -0.908. The molecule has 6 unspecified atom stereocenters. The Morgan fingerprint density at radius 1 is 1.21 bits per heavy atom. The van der Waals surface area contributed by atoms with Gasteiger partial charge in [0.15, 0.2) is 5.78 Å². The molecular weight excluding hydrogens is 296 g/mol. The topological polar surface area (TPSA) is 37.3 Å². The Kier molecular flexibility index (Phi) is 3.92. The summed E-state index contributed by atoms with van der Waals surface area (Å²) in [5, 5.41) is 11.3. The molecule has 130 valence electrons. The summed E-state index contributed by atoms with van der Waals surface area (Å²) < 4.78 is 0. The largest absolute Gasteiger partial charge is 0.377 e. The Morgan fingerprint density at radius 2 is 2.04 bits per heavy atom. The van der Waals surface area contributed by atoms with Gasteiger partial charge in [0.1, 0.15) is 5.60 Å². The number of rotatable bonds is 1. The quantitative estimate of drug-likeness (QED) is 0.731. The highest BCUT2D eigenvalue weighted by Gasteiger charge is 2.61. The van der Waals surface area contributed by atoms with E-state index in [1.165, 1.54) is 24.8 Å². The van der Waals surface area contributed by atoms with Crippen LogP contribution in [0.15, 0.2) is 11.6 Å². The zero-order valence-electron chi connectivity index (χ0n) is 14.9. The summed E-state index contributed by atoms with van der Waals surface area (Å²) in [7, 11) is 0. The number of carbonyl (C=O) groups is 1. The minimum absolute atomic E-state index is 0.0765. The van der Waals surface area contributed by atoms with Gasteiger partial charge in [-0.2, -0.15) is 0 Å². The number of carbonyl (C=O) groups excluding carboxylic acids is 1. The second-order valence-corrected chi connectivity index (χ2v) is 8.75. The molecule has 0 spiro atoms. The number of ketones is 1. The van der Waals surface area contributed by atoms with Crippen LogP contribution in [0.4, 0.5) is 0 Å². The van der Waals surface area contributed by atoms with Crippen LogP contribution in [-0.2, 0) is 4.79 Å². The van der Waals surface area contributed by atoms with Crippen molar-refractivity contribution in [3.63, 3.8) is 0 Å². The van der Waals surface area contributed by atoms with Crippen molar-refractivity contribution in [1.82, 2.24) is 0 Å². The summed E-state index contributed by atoms with van der Waals surface area (Å²) >= 11 is 0. The van der Waals surface area contributed by atoms with Crippen molar-refractivity contribution in [3.8, 4) is 12.3 Å². The van der Waals surface area contributed by atoms with Crippen LogP contribution in [0.5, 0.6) is 0 Å². The highest BCUT2D eigenvalue weighted by molar-refractivity contribution is 5.91. The number of hydrogen-bond donors (Lipinski definition) is 1. The summed E-state index contributed by atoms with van der Waals surface area (Å²) in [5.41, 5.74) is 0.445. The van der Waals surface area contributed by atoms with Crippen LogP contribution in [0, 0.1) is 41.4 Å². The molecule has 6 atom stereocenters. The molecule has 0 aromatic heterocycles. The van der Waals surface area contributed by atoms with Crippen molar-refractivity contribution in [1.29, 1.82) is 0 Å². The van der Waals surface area contributed by atoms with Crippen LogP contribution < -0.4 is 0 Å². The van der Waals surface area contributed by atoms with E-state index in [-0.39, 0.29) is 5.41 Å². The molecule has 2 nitrogen and oxygen atoms in total. The number of terminal acetylenes is 1. The fourth-order valence-electron chi connectivity index (χ4n) is 7.17. The summed E-state index contributed by atoms with van der Waals surface area (Å²) in [5.74, 6) is 5.75. The lowest BCUT2D eigenvalue weighted by atomic mass is 9.44. The molecule has 0 saturated heterocycles. The number of fused-ring (bicyclic) bond motifs is 5. The fraction of sp³-hybridized carbons (Fsp3) is 0.773. The molecule has 4 aliphatic carbocycles. The summed E-state index contributed by atoms with van der Waals surface area (Å²) in [6.07, 6.45) is 18.2. The van der Waals surface area contributed by atoms with E-state index in [1.54, 1.807) is 0 Å². The van der Waals surface area contributed by atoms with Gasteiger partial charge in [-0.15, -0.1) is 6.42 Å². The first kappa shape index (κ1) is 16.4. The van der Waals surface area contributed by atoms with Crippen LogP contribution in [0.25, 0.3) is 0 Å². The van der Waals surface area contributed by atoms with E-state index in [0.717, 1.165) is 44.9 Å². The Morgan fingerprint density at radius 3 is 2.79 bits per heavy atom. The normalized spacial score (nSPS) is 47.7. The molecule has 1 N–H and O–H groups in total. The van der Waals surface area contributed by atoms with Crippen molar-refractivity contribution >= 4 is 5.78 Å². The lowest BCUT2D eigenvalue weighted by molar-refractivity contribution is -0.166. The van der Waals surface area contributed by atoms with E-state index < -0.39 is 5.60 Å². The fourth-order valence-corrected chi connectivity index (χ4v) is 7.17. The highest BCUT2D eigenvalue weighted by atomic mass is 16.3. The van der Waals surface area contributed by atoms with E-state index in [4.69, 9.17) is 6.42 Å². The van der Waals surface area contributed by atoms with Crippen LogP contribution >= 0.6 is 0 Å². The average molecular weight is 326 g/mol. The third-order valence-electron chi connectivity index (χ3n) is 8.25. The average Bonchev–Trinajstić information content (AvgIpc) is 2.61. The van der Waals surface area contributed by atoms with Crippen molar-refractivity contribution in [2.75, 3.05) is 0 Å². The van der Waals surface area contributed by atoms with Crippen molar-refractivity contribution in [3.05, 3.63) is 11.6 Å². The van der Waals surface area contributed by atoms with E-state index in [9.17, 15) is 9.90 Å². The van der Waals surface area contributed by atoms with E-state index in [1.807, 2.05) is 6.08 Å². The van der Waals surface area contributed by atoms with Gasteiger partial charge in [0.2, 0.25) is 0 Å². The maximum absolute atomic E-state index is 11.8. The van der Waals surface area contributed by atoms with Gasteiger partial charge in [0, 0.05) is 11.8 Å². The Bertz CT molecular complexity index is 612. The minimum Gasteiger partial charge on any atom is -0.377 e. The molecule has 2 heteroatoms. The Hall–Kier alpha value is -1.07. The Labute approximate surface area is 146 Å².